The van der Waals surface area contributed by atoms with Crippen molar-refractivity contribution in [1.82, 2.24) is 4.90 Å². The number of halogens is 2. The molecule has 2 amide bonds. The maximum Gasteiger partial charge on any atom is 0.414 e. The summed E-state index contributed by atoms with van der Waals surface area (Å²) in [4.78, 5) is 23.7. The highest BCUT2D eigenvalue weighted by Gasteiger charge is 2.27. The van der Waals surface area contributed by atoms with Crippen LogP contribution in [0.15, 0.2) is 46.6 Å². The van der Waals surface area contributed by atoms with Crippen LogP contribution < -0.4 is 0 Å². The molecule has 0 spiro atoms. The first-order valence-corrected chi connectivity index (χ1v) is 9.78. The predicted octanol–water partition coefficient (Wildman–Crippen LogP) is 5.46. The number of carbonyl (C=O) groups excluding carboxylic acids is 1. The van der Waals surface area contributed by atoms with E-state index >= 15 is 0 Å². The Balaban J connectivity index is 2.36. The zero-order valence-electron chi connectivity index (χ0n) is 16.6. The quantitative estimate of drug-likeness (QED) is 0.575. The normalized spacial score (nSPS) is 12.6. The Bertz CT molecular complexity index is 1080. The Morgan fingerprint density at radius 3 is 2.29 bits per heavy atom. The summed E-state index contributed by atoms with van der Waals surface area (Å²) in [7, 11) is 0. The molecule has 0 heterocycles. The molecule has 0 fully saturated rings. The Morgan fingerprint density at radius 2 is 1.81 bits per heavy atom. The zero-order valence-corrected chi connectivity index (χ0v) is 18.1. The van der Waals surface area contributed by atoms with Gasteiger partial charge in [0.25, 0.3) is 5.91 Å². The molecule has 31 heavy (non-hydrogen) atoms. The van der Waals surface area contributed by atoms with E-state index in [1.807, 2.05) is 0 Å². The number of carbonyl (C=O) groups is 2. The highest BCUT2D eigenvalue weighted by atomic mass is 35.5. The molecular formula is C21H17Cl2N5O3. The van der Waals surface area contributed by atoms with Crippen molar-refractivity contribution in [2.75, 3.05) is 6.54 Å². The Labute approximate surface area is 188 Å². The standard InChI is InChI=1S/C21H17Cl2N5O3/c1-3-28(21(30)31)20(29)18(11-25)27-26-15-8-12(2)19(17(23)9-15)16(10-24)13-4-6-14(22)7-5-13/h4-9,16,18H,3H2,1-2H3,(H,30,31). The van der Waals surface area contributed by atoms with E-state index in [1.54, 1.807) is 43.3 Å². The minimum absolute atomic E-state index is 0.123. The number of benzene rings is 2. The number of likely N-dealkylation sites (N-methyl/N-ethyl adjacent to an activating group) is 1. The summed E-state index contributed by atoms with van der Waals surface area (Å²) < 4.78 is 0. The highest BCUT2D eigenvalue weighted by molar-refractivity contribution is 6.32. The van der Waals surface area contributed by atoms with Gasteiger partial charge >= 0.3 is 6.09 Å². The SMILES string of the molecule is CCN(C(=O)O)C(=O)C(C#N)N=Nc1cc(C)c(C(C#N)c2ccc(Cl)cc2)c(Cl)c1. The lowest BCUT2D eigenvalue weighted by Crippen LogP contribution is -2.41. The van der Waals surface area contributed by atoms with Gasteiger partial charge in [0.1, 0.15) is 6.07 Å². The number of hydrogen-bond donors (Lipinski definition) is 1. The minimum Gasteiger partial charge on any atom is -0.465 e. The van der Waals surface area contributed by atoms with E-state index in [0.29, 0.717) is 21.0 Å². The molecule has 2 aromatic carbocycles. The first-order chi connectivity index (χ1) is 14.7. The summed E-state index contributed by atoms with van der Waals surface area (Å²) in [5.74, 6) is -1.63. The van der Waals surface area contributed by atoms with Crippen LogP contribution in [0.3, 0.4) is 0 Å². The third kappa shape index (κ3) is 5.58. The maximum absolute atomic E-state index is 12.2. The van der Waals surface area contributed by atoms with E-state index in [9.17, 15) is 20.1 Å². The van der Waals surface area contributed by atoms with Crippen molar-refractivity contribution in [1.29, 1.82) is 10.5 Å². The molecule has 2 rings (SSSR count). The van der Waals surface area contributed by atoms with Gasteiger partial charge in [-0.05, 0) is 54.8 Å². The van der Waals surface area contributed by atoms with Gasteiger partial charge in [-0.2, -0.15) is 20.8 Å². The number of nitrogens with zero attached hydrogens (tertiary/aromatic N) is 5. The predicted molar refractivity (Wildman–Crippen MR) is 114 cm³/mol. The number of aryl methyl sites for hydroxylation is 1. The number of hydrogen-bond acceptors (Lipinski definition) is 6. The van der Waals surface area contributed by atoms with E-state index in [0.717, 1.165) is 5.56 Å². The minimum atomic E-state index is -1.62. The van der Waals surface area contributed by atoms with Crippen molar-refractivity contribution in [2.45, 2.75) is 25.8 Å². The van der Waals surface area contributed by atoms with E-state index in [2.05, 4.69) is 16.3 Å². The fraction of sp³-hybridized carbons (Fsp3) is 0.238. The van der Waals surface area contributed by atoms with E-state index < -0.39 is 24.0 Å². The lowest BCUT2D eigenvalue weighted by atomic mass is 9.89. The average molecular weight is 458 g/mol. The summed E-state index contributed by atoms with van der Waals surface area (Å²) in [6, 6.07) is 12.2. The fourth-order valence-electron chi connectivity index (χ4n) is 2.91. The van der Waals surface area contributed by atoms with Gasteiger partial charge in [0, 0.05) is 16.6 Å². The van der Waals surface area contributed by atoms with Crippen LogP contribution in [-0.4, -0.2) is 34.6 Å². The first kappa shape index (κ1) is 23.8. The Hall–Kier alpha value is -3.46. The van der Waals surface area contributed by atoms with Gasteiger partial charge in [0.15, 0.2) is 0 Å². The molecule has 0 bridgehead atoms. The van der Waals surface area contributed by atoms with Gasteiger partial charge in [0.05, 0.1) is 17.7 Å². The van der Waals surface area contributed by atoms with Crippen molar-refractivity contribution in [3.05, 3.63) is 63.1 Å². The zero-order chi connectivity index (χ0) is 23.1. The summed E-state index contributed by atoms with van der Waals surface area (Å²) in [6.07, 6.45) is -1.48. The summed E-state index contributed by atoms with van der Waals surface area (Å²) in [5, 5.41) is 36.3. The van der Waals surface area contributed by atoms with Crippen LogP contribution in [-0.2, 0) is 4.79 Å². The van der Waals surface area contributed by atoms with Crippen molar-refractivity contribution in [3.63, 3.8) is 0 Å². The smallest absolute Gasteiger partial charge is 0.414 e. The topological polar surface area (TPSA) is 130 Å². The van der Waals surface area contributed by atoms with Gasteiger partial charge in [0.2, 0.25) is 6.04 Å². The first-order valence-electron chi connectivity index (χ1n) is 9.03. The molecule has 0 saturated heterocycles. The number of azo groups is 1. The fourth-order valence-corrected chi connectivity index (χ4v) is 3.41. The summed E-state index contributed by atoms with van der Waals surface area (Å²) in [6.45, 7) is 3.09. The number of amides is 2. The van der Waals surface area contributed by atoms with Crippen molar-refractivity contribution in [2.24, 2.45) is 10.2 Å². The molecule has 8 nitrogen and oxygen atoms in total. The molecule has 2 aromatic rings. The third-order valence-corrected chi connectivity index (χ3v) is 4.96. The lowest BCUT2D eigenvalue weighted by molar-refractivity contribution is -0.129. The molecule has 0 saturated carbocycles. The second-order valence-electron chi connectivity index (χ2n) is 6.38. The van der Waals surface area contributed by atoms with Crippen LogP contribution in [0.2, 0.25) is 10.0 Å². The molecule has 0 aliphatic carbocycles. The maximum atomic E-state index is 12.2. The van der Waals surface area contributed by atoms with Gasteiger partial charge in [-0.3, -0.25) is 4.79 Å². The second kappa shape index (κ2) is 10.5. The van der Waals surface area contributed by atoms with Gasteiger partial charge < -0.3 is 5.11 Å². The molecule has 0 aliphatic heterocycles. The van der Waals surface area contributed by atoms with E-state index in [-0.39, 0.29) is 17.3 Å². The molecule has 2 unspecified atom stereocenters. The van der Waals surface area contributed by atoms with Gasteiger partial charge in [-0.15, -0.1) is 0 Å². The Kier molecular flexibility index (Phi) is 8.09. The molecule has 1 N–H and O–H groups in total. The number of rotatable bonds is 6. The third-order valence-electron chi connectivity index (χ3n) is 4.40. The van der Waals surface area contributed by atoms with Crippen LogP contribution in [0.1, 0.15) is 29.5 Å². The number of nitriles is 2. The van der Waals surface area contributed by atoms with Crippen molar-refractivity contribution >= 4 is 40.9 Å². The van der Waals surface area contributed by atoms with Crippen molar-refractivity contribution < 1.29 is 14.7 Å². The van der Waals surface area contributed by atoms with Crippen LogP contribution >= 0.6 is 23.2 Å². The summed E-state index contributed by atoms with van der Waals surface area (Å²) >= 11 is 12.3. The number of imide groups is 1. The average Bonchev–Trinajstić information content (AvgIpc) is 2.72. The van der Waals surface area contributed by atoms with Gasteiger partial charge in [-0.25, -0.2) is 9.69 Å². The second-order valence-corrected chi connectivity index (χ2v) is 7.23. The number of carboxylic acid groups (broad SMARTS) is 1. The van der Waals surface area contributed by atoms with Crippen LogP contribution in [0.4, 0.5) is 10.5 Å². The van der Waals surface area contributed by atoms with Crippen LogP contribution in [0.25, 0.3) is 0 Å². The molecule has 0 radical (unpaired) electrons. The highest BCUT2D eigenvalue weighted by Crippen LogP contribution is 2.36. The molecule has 10 heteroatoms. The lowest BCUT2D eigenvalue weighted by Gasteiger charge is -2.16. The monoisotopic (exact) mass is 457 g/mol. The van der Waals surface area contributed by atoms with Crippen LogP contribution in [0, 0.1) is 29.6 Å². The molecule has 158 valence electrons. The van der Waals surface area contributed by atoms with E-state index in [1.165, 1.54) is 13.0 Å². The molecule has 0 aliphatic rings. The van der Waals surface area contributed by atoms with E-state index in [4.69, 9.17) is 28.3 Å². The largest absolute Gasteiger partial charge is 0.465 e. The molecular weight excluding hydrogens is 441 g/mol. The van der Waals surface area contributed by atoms with Crippen molar-refractivity contribution in [3.8, 4) is 12.1 Å². The molecule has 2 atom stereocenters. The Morgan fingerprint density at radius 1 is 1.16 bits per heavy atom. The summed E-state index contributed by atoms with van der Waals surface area (Å²) in [5.41, 5.74) is 2.21. The molecule has 0 aromatic heterocycles. The van der Waals surface area contributed by atoms with Gasteiger partial charge in [-0.1, -0.05) is 35.3 Å². The van der Waals surface area contributed by atoms with Crippen LogP contribution in [0.5, 0.6) is 0 Å².